The van der Waals surface area contributed by atoms with Crippen LogP contribution in [-0.4, -0.2) is 23.0 Å². The van der Waals surface area contributed by atoms with Crippen LogP contribution in [-0.2, 0) is 6.54 Å². The molecule has 0 saturated carbocycles. The summed E-state index contributed by atoms with van der Waals surface area (Å²) in [6, 6.07) is 3.99. The lowest BCUT2D eigenvalue weighted by Gasteiger charge is -2.20. The molecule has 0 aliphatic heterocycles. The molecule has 0 aromatic carbocycles. The Morgan fingerprint density at radius 1 is 1.40 bits per heavy atom. The van der Waals surface area contributed by atoms with Gasteiger partial charge in [0, 0.05) is 12.7 Å². The van der Waals surface area contributed by atoms with Crippen LogP contribution in [0.25, 0.3) is 0 Å². The molecule has 0 atom stereocenters. The summed E-state index contributed by atoms with van der Waals surface area (Å²) in [6.07, 6.45) is 4.28. The first-order chi connectivity index (χ1) is 7.26. The van der Waals surface area contributed by atoms with Crippen molar-refractivity contribution in [2.24, 2.45) is 0 Å². The second-order valence-electron chi connectivity index (χ2n) is 3.81. The lowest BCUT2D eigenvalue weighted by atomic mass is 10.2. The number of hydrogen-bond acceptors (Lipinski definition) is 3. The van der Waals surface area contributed by atoms with E-state index in [0.717, 1.165) is 19.6 Å². The molecule has 3 nitrogen and oxygen atoms in total. The van der Waals surface area contributed by atoms with Gasteiger partial charge in [0.05, 0.1) is 0 Å². The fraction of sp³-hybridized carbons (Fsp3) is 0.583. The molecule has 0 amide bonds. The molecule has 0 fully saturated rings. The number of nitrogens with zero attached hydrogens (tertiary/aromatic N) is 2. The minimum Gasteiger partial charge on any atom is -0.384 e. The fourth-order valence-corrected chi connectivity index (χ4v) is 1.58. The monoisotopic (exact) mass is 207 g/mol. The van der Waals surface area contributed by atoms with Crippen LogP contribution in [0.1, 0.15) is 32.3 Å². The van der Waals surface area contributed by atoms with Crippen LogP contribution in [0.4, 0.5) is 5.82 Å². The molecule has 84 valence electrons. The Balaban J connectivity index is 2.50. The van der Waals surface area contributed by atoms with Gasteiger partial charge in [-0.3, -0.25) is 4.90 Å². The SMILES string of the molecule is CCCCN(CC)Cc1ccnc(N)c1. The van der Waals surface area contributed by atoms with Gasteiger partial charge < -0.3 is 5.73 Å². The first kappa shape index (κ1) is 12.0. The number of pyridine rings is 1. The molecule has 0 spiro atoms. The zero-order chi connectivity index (χ0) is 11.1. The van der Waals surface area contributed by atoms with Gasteiger partial charge in [0.15, 0.2) is 0 Å². The minimum atomic E-state index is 0.610. The summed E-state index contributed by atoms with van der Waals surface area (Å²) in [6.45, 7) is 7.64. The zero-order valence-electron chi connectivity index (χ0n) is 9.74. The average Bonchev–Trinajstić information content (AvgIpc) is 2.24. The molecule has 15 heavy (non-hydrogen) atoms. The first-order valence-electron chi connectivity index (χ1n) is 5.69. The molecule has 2 N–H and O–H groups in total. The summed E-state index contributed by atoms with van der Waals surface area (Å²) < 4.78 is 0. The standard InChI is InChI=1S/C12H21N3/c1-3-5-8-15(4-2)10-11-6-7-14-12(13)9-11/h6-7,9H,3-5,8,10H2,1-2H3,(H2,13,14). The van der Waals surface area contributed by atoms with E-state index in [-0.39, 0.29) is 0 Å². The third kappa shape index (κ3) is 4.30. The number of nitrogen functional groups attached to an aromatic ring is 1. The third-order valence-electron chi connectivity index (χ3n) is 2.53. The smallest absolute Gasteiger partial charge is 0.123 e. The molecule has 0 aliphatic rings. The van der Waals surface area contributed by atoms with Crippen LogP contribution < -0.4 is 5.73 Å². The van der Waals surface area contributed by atoms with Gasteiger partial charge in [-0.2, -0.15) is 0 Å². The van der Waals surface area contributed by atoms with E-state index in [1.54, 1.807) is 6.20 Å². The highest BCUT2D eigenvalue weighted by molar-refractivity contribution is 5.31. The Hall–Kier alpha value is -1.09. The molecule has 3 heteroatoms. The maximum Gasteiger partial charge on any atom is 0.123 e. The van der Waals surface area contributed by atoms with Gasteiger partial charge in [0.1, 0.15) is 5.82 Å². The number of aromatic nitrogens is 1. The van der Waals surface area contributed by atoms with Crippen LogP contribution in [0.15, 0.2) is 18.3 Å². The van der Waals surface area contributed by atoms with E-state index in [0.29, 0.717) is 5.82 Å². The molecular weight excluding hydrogens is 186 g/mol. The summed E-state index contributed by atoms with van der Waals surface area (Å²) in [5.74, 6) is 0.610. The van der Waals surface area contributed by atoms with Crippen molar-refractivity contribution in [1.29, 1.82) is 0 Å². The highest BCUT2D eigenvalue weighted by atomic mass is 15.1. The van der Waals surface area contributed by atoms with E-state index in [4.69, 9.17) is 5.73 Å². The van der Waals surface area contributed by atoms with Crippen molar-refractivity contribution in [3.8, 4) is 0 Å². The van der Waals surface area contributed by atoms with Gasteiger partial charge >= 0.3 is 0 Å². The van der Waals surface area contributed by atoms with E-state index in [9.17, 15) is 0 Å². The molecule has 0 aliphatic carbocycles. The fourth-order valence-electron chi connectivity index (χ4n) is 1.58. The van der Waals surface area contributed by atoms with Crippen LogP contribution in [0.3, 0.4) is 0 Å². The van der Waals surface area contributed by atoms with E-state index in [1.807, 2.05) is 12.1 Å². The second kappa shape index (κ2) is 6.40. The highest BCUT2D eigenvalue weighted by Gasteiger charge is 2.03. The van der Waals surface area contributed by atoms with Crippen LogP contribution in [0.2, 0.25) is 0 Å². The van der Waals surface area contributed by atoms with Gasteiger partial charge in [0.2, 0.25) is 0 Å². The highest BCUT2D eigenvalue weighted by Crippen LogP contribution is 2.07. The minimum absolute atomic E-state index is 0.610. The van der Waals surface area contributed by atoms with Crippen LogP contribution >= 0.6 is 0 Å². The van der Waals surface area contributed by atoms with Gasteiger partial charge in [-0.15, -0.1) is 0 Å². The van der Waals surface area contributed by atoms with Crippen molar-refractivity contribution in [2.45, 2.75) is 33.2 Å². The zero-order valence-corrected chi connectivity index (χ0v) is 9.74. The van der Waals surface area contributed by atoms with E-state index < -0.39 is 0 Å². The largest absolute Gasteiger partial charge is 0.384 e. The van der Waals surface area contributed by atoms with E-state index in [2.05, 4.69) is 23.7 Å². The predicted octanol–water partition coefficient (Wildman–Crippen LogP) is 2.29. The predicted molar refractivity (Wildman–Crippen MR) is 64.5 cm³/mol. The van der Waals surface area contributed by atoms with Crippen LogP contribution in [0.5, 0.6) is 0 Å². The van der Waals surface area contributed by atoms with Gasteiger partial charge in [-0.05, 0) is 37.2 Å². The number of rotatable bonds is 6. The summed E-state index contributed by atoms with van der Waals surface area (Å²) in [7, 11) is 0. The summed E-state index contributed by atoms with van der Waals surface area (Å²) in [5.41, 5.74) is 6.90. The Labute approximate surface area is 92.3 Å². The van der Waals surface area contributed by atoms with Crippen molar-refractivity contribution in [2.75, 3.05) is 18.8 Å². The lowest BCUT2D eigenvalue weighted by Crippen LogP contribution is -2.23. The molecule has 0 radical (unpaired) electrons. The van der Waals surface area contributed by atoms with Crippen molar-refractivity contribution >= 4 is 5.82 Å². The van der Waals surface area contributed by atoms with E-state index in [1.165, 1.54) is 18.4 Å². The Morgan fingerprint density at radius 2 is 2.20 bits per heavy atom. The van der Waals surface area contributed by atoms with Gasteiger partial charge in [-0.25, -0.2) is 4.98 Å². The van der Waals surface area contributed by atoms with Crippen LogP contribution in [0, 0.1) is 0 Å². The summed E-state index contributed by atoms with van der Waals surface area (Å²) >= 11 is 0. The molecule has 1 aromatic heterocycles. The molecular formula is C12H21N3. The van der Waals surface area contributed by atoms with Gasteiger partial charge in [0.25, 0.3) is 0 Å². The number of unbranched alkanes of at least 4 members (excludes halogenated alkanes) is 1. The molecule has 0 unspecified atom stereocenters. The topological polar surface area (TPSA) is 42.2 Å². The second-order valence-corrected chi connectivity index (χ2v) is 3.81. The van der Waals surface area contributed by atoms with Crippen molar-refractivity contribution in [1.82, 2.24) is 9.88 Å². The average molecular weight is 207 g/mol. The molecule has 1 aromatic rings. The Bertz CT molecular complexity index is 286. The molecule has 0 bridgehead atoms. The maximum atomic E-state index is 5.65. The van der Waals surface area contributed by atoms with Crippen molar-refractivity contribution < 1.29 is 0 Å². The first-order valence-corrected chi connectivity index (χ1v) is 5.69. The van der Waals surface area contributed by atoms with Gasteiger partial charge in [-0.1, -0.05) is 20.3 Å². The quantitative estimate of drug-likeness (QED) is 0.778. The number of hydrogen-bond donors (Lipinski definition) is 1. The van der Waals surface area contributed by atoms with E-state index >= 15 is 0 Å². The maximum absolute atomic E-state index is 5.65. The summed E-state index contributed by atoms with van der Waals surface area (Å²) in [4.78, 5) is 6.42. The molecule has 1 rings (SSSR count). The summed E-state index contributed by atoms with van der Waals surface area (Å²) in [5, 5.41) is 0. The molecule has 0 saturated heterocycles. The lowest BCUT2D eigenvalue weighted by molar-refractivity contribution is 0.275. The number of anilines is 1. The molecule has 1 heterocycles. The van der Waals surface area contributed by atoms with Crippen molar-refractivity contribution in [3.05, 3.63) is 23.9 Å². The Kier molecular flexibility index (Phi) is 5.12. The third-order valence-corrected chi connectivity index (χ3v) is 2.53. The number of nitrogens with two attached hydrogens (primary N) is 1. The normalized spacial score (nSPS) is 10.9. The van der Waals surface area contributed by atoms with Crippen molar-refractivity contribution in [3.63, 3.8) is 0 Å². The Morgan fingerprint density at radius 3 is 2.80 bits per heavy atom.